The quantitative estimate of drug-likeness (QED) is 0.655. The molecule has 0 amide bonds. The number of primary sulfonamides is 1. The molecular weight excluding hydrogens is 386 g/mol. The van der Waals surface area contributed by atoms with Crippen LogP contribution in [-0.4, -0.2) is 54.0 Å². The number of thiophene rings is 1. The highest BCUT2D eigenvalue weighted by Gasteiger charge is 2.39. The SMILES string of the molecule is CCCNC1CN(CC[C@@H](C)OC)S(=O)(=O)c2sc(S(N)(=O)=O)cc21. The molecule has 1 unspecified atom stereocenters. The highest BCUT2D eigenvalue weighted by molar-refractivity contribution is 7.94. The molecule has 2 rings (SSSR count). The Bertz CT molecular complexity index is 804. The molecule has 1 aromatic heterocycles. The molecule has 8 nitrogen and oxygen atoms in total. The van der Waals surface area contributed by atoms with E-state index in [-0.39, 0.29) is 27.1 Å². The molecule has 25 heavy (non-hydrogen) atoms. The molecule has 2 atom stereocenters. The number of fused-ring (bicyclic) bond motifs is 1. The summed E-state index contributed by atoms with van der Waals surface area (Å²) in [5.74, 6) is 0. The second kappa shape index (κ2) is 7.99. The molecule has 0 aromatic carbocycles. The molecule has 0 saturated heterocycles. The number of hydrogen-bond acceptors (Lipinski definition) is 7. The van der Waals surface area contributed by atoms with Gasteiger partial charge in [-0.05, 0) is 32.4 Å². The van der Waals surface area contributed by atoms with Gasteiger partial charge < -0.3 is 10.1 Å². The summed E-state index contributed by atoms with van der Waals surface area (Å²) in [4.78, 5) is 0. The highest BCUT2D eigenvalue weighted by Crippen LogP contribution is 2.40. The van der Waals surface area contributed by atoms with Crippen molar-refractivity contribution in [1.29, 1.82) is 0 Å². The van der Waals surface area contributed by atoms with Crippen LogP contribution in [0.15, 0.2) is 14.5 Å². The summed E-state index contributed by atoms with van der Waals surface area (Å²) in [5.41, 5.74) is 0.485. The Morgan fingerprint density at radius 3 is 2.76 bits per heavy atom. The molecule has 1 aliphatic heterocycles. The minimum atomic E-state index is -3.95. The summed E-state index contributed by atoms with van der Waals surface area (Å²) in [5, 5.41) is 8.49. The zero-order valence-electron chi connectivity index (χ0n) is 14.6. The van der Waals surface area contributed by atoms with Crippen LogP contribution in [0.4, 0.5) is 0 Å². The van der Waals surface area contributed by atoms with Crippen molar-refractivity contribution in [1.82, 2.24) is 9.62 Å². The average Bonchev–Trinajstić information content (AvgIpc) is 2.99. The van der Waals surface area contributed by atoms with E-state index in [0.29, 0.717) is 36.4 Å². The van der Waals surface area contributed by atoms with Crippen molar-refractivity contribution in [2.24, 2.45) is 5.14 Å². The van der Waals surface area contributed by atoms with Crippen LogP contribution in [0.3, 0.4) is 0 Å². The first-order chi connectivity index (χ1) is 11.6. The van der Waals surface area contributed by atoms with Crippen LogP contribution in [0.1, 0.15) is 38.3 Å². The Morgan fingerprint density at radius 1 is 1.52 bits per heavy atom. The third-order valence-electron chi connectivity index (χ3n) is 4.15. The zero-order chi connectivity index (χ0) is 18.8. The van der Waals surface area contributed by atoms with Gasteiger partial charge in [0, 0.05) is 31.8 Å². The lowest BCUT2D eigenvalue weighted by Crippen LogP contribution is -2.44. The lowest BCUT2D eigenvalue weighted by Gasteiger charge is -2.33. The molecule has 11 heteroatoms. The van der Waals surface area contributed by atoms with Crippen LogP contribution in [0.2, 0.25) is 0 Å². The van der Waals surface area contributed by atoms with Gasteiger partial charge in [0.15, 0.2) is 0 Å². The number of nitrogens with two attached hydrogens (primary N) is 1. The fourth-order valence-corrected chi connectivity index (χ4v) is 6.90. The van der Waals surface area contributed by atoms with E-state index in [2.05, 4.69) is 5.32 Å². The van der Waals surface area contributed by atoms with Gasteiger partial charge in [-0.2, -0.15) is 4.31 Å². The van der Waals surface area contributed by atoms with E-state index in [4.69, 9.17) is 9.88 Å². The number of nitrogens with one attached hydrogen (secondary N) is 1. The summed E-state index contributed by atoms with van der Waals surface area (Å²) < 4.78 is 55.6. The van der Waals surface area contributed by atoms with Gasteiger partial charge in [-0.25, -0.2) is 22.0 Å². The molecule has 1 aromatic rings. The summed E-state index contributed by atoms with van der Waals surface area (Å²) in [7, 11) is -6.12. The van der Waals surface area contributed by atoms with Gasteiger partial charge in [-0.15, -0.1) is 11.3 Å². The minimum absolute atomic E-state index is 0.0569. The molecule has 0 fully saturated rings. The second-order valence-electron chi connectivity index (χ2n) is 6.06. The van der Waals surface area contributed by atoms with Gasteiger partial charge in [0.05, 0.1) is 6.10 Å². The number of methoxy groups -OCH3 is 1. The van der Waals surface area contributed by atoms with Gasteiger partial charge in [0.2, 0.25) is 10.0 Å². The first-order valence-corrected chi connectivity index (χ1v) is 11.8. The number of ether oxygens (including phenoxy) is 1. The van der Waals surface area contributed by atoms with E-state index in [0.717, 1.165) is 6.42 Å². The van der Waals surface area contributed by atoms with Crippen LogP contribution < -0.4 is 10.5 Å². The van der Waals surface area contributed by atoms with Crippen molar-refractivity contribution in [3.8, 4) is 0 Å². The molecular formula is C14H25N3O5S3. The summed E-state index contributed by atoms with van der Waals surface area (Å²) >= 11 is 0.716. The maximum atomic E-state index is 12.9. The molecule has 0 spiro atoms. The molecule has 0 radical (unpaired) electrons. The van der Waals surface area contributed by atoms with E-state index in [1.807, 2.05) is 13.8 Å². The average molecular weight is 412 g/mol. The number of hydrogen-bond donors (Lipinski definition) is 2. The van der Waals surface area contributed by atoms with Crippen LogP contribution in [0.25, 0.3) is 0 Å². The summed E-state index contributed by atoms with van der Waals surface area (Å²) in [6.45, 7) is 5.15. The predicted octanol–water partition coefficient (Wildman–Crippen LogP) is 0.866. The summed E-state index contributed by atoms with van der Waals surface area (Å²) in [6.07, 6.45) is 1.37. The van der Waals surface area contributed by atoms with Crippen molar-refractivity contribution in [3.63, 3.8) is 0 Å². The van der Waals surface area contributed by atoms with Gasteiger partial charge in [-0.1, -0.05) is 6.92 Å². The molecule has 144 valence electrons. The van der Waals surface area contributed by atoms with Gasteiger partial charge in [-0.3, -0.25) is 0 Å². The maximum Gasteiger partial charge on any atom is 0.252 e. The largest absolute Gasteiger partial charge is 0.382 e. The Kier molecular flexibility index (Phi) is 6.63. The van der Waals surface area contributed by atoms with Gasteiger partial charge in [0.1, 0.15) is 8.42 Å². The minimum Gasteiger partial charge on any atom is -0.382 e. The van der Waals surface area contributed by atoms with Crippen molar-refractivity contribution >= 4 is 31.4 Å². The predicted molar refractivity (Wildman–Crippen MR) is 96.6 cm³/mol. The molecule has 0 saturated carbocycles. The van der Waals surface area contributed by atoms with Gasteiger partial charge >= 0.3 is 0 Å². The van der Waals surface area contributed by atoms with Crippen LogP contribution in [0.5, 0.6) is 0 Å². The lowest BCUT2D eigenvalue weighted by molar-refractivity contribution is 0.105. The highest BCUT2D eigenvalue weighted by atomic mass is 32.3. The molecule has 0 bridgehead atoms. The first-order valence-electron chi connectivity index (χ1n) is 8.04. The zero-order valence-corrected chi connectivity index (χ0v) is 17.0. The van der Waals surface area contributed by atoms with Crippen LogP contribution in [0, 0.1) is 0 Å². The monoisotopic (exact) mass is 411 g/mol. The number of rotatable bonds is 8. The van der Waals surface area contributed by atoms with E-state index < -0.39 is 20.0 Å². The maximum absolute atomic E-state index is 12.9. The molecule has 0 aliphatic carbocycles. The number of nitrogens with zero attached hydrogens (tertiary/aromatic N) is 1. The van der Waals surface area contributed by atoms with Crippen molar-refractivity contribution in [2.45, 2.75) is 47.3 Å². The standard InChI is InChI=1S/C14H25N3O5S3/c1-4-6-16-12-9-17(7-5-10(2)22-3)25(20,21)14-11(12)8-13(23-14)24(15,18)19/h8,10,12,16H,4-7,9H2,1-3H3,(H2,15,18,19)/t10-,12?/m1/s1. The molecule has 3 N–H and O–H groups in total. The summed E-state index contributed by atoms with van der Waals surface area (Å²) in [6, 6.07) is 1.12. The third kappa shape index (κ3) is 4.59. The Morgan fingerprint density at radius 2 is 2.20 bits per heavy atom. The van der Waals surface area contributed by atoms with Gasteiger partial charge in [0.25, 0.3) is 10.0 Å². The van der Waals surface area contributed by atoms with Crippen molar-refractivity contribution in [2.75, 3.05) is 26.7 Å². The fourth-order valence-electron chi connectivity index (χ4n) is 2.62. The second-order valence-corrected chi connectivity index (χ2v) is 11.0. The topological polar surface area (TPSA) is 119 Å². The van der Waals surface area contributed by atoms with Crippen molar-refractivity contribution in [3.05, 3.63) is 11.6 Å². The number of sulfonamides is 2. The van der Waals surface area contributed by atoms with Crippen molar-refractivity contribution < 1.29 is 21.6 Å². The molecule has 1 aliphatic rings. The molecule has 2 heterocycles. The van der Waals surface area contributed by atoms with E-state index >= 15 is 0 Å². The fraction of sp³-hybridized carbons (Fsp3) is 0.714. The normalized spacial score (nSPS) is 21.8. The van der Waals surface area contributed by atoms with Crippen LogP contribution in [-0.2, 0) is 24.8 Å². The third-order valence-corrected chi connectivity index (χ3v) is 9.11. The Labute approximate surface area is 153 Å². The van der Waals surface area contributed by atoms with E-state index in [1.54, 1.807) is 7.11 Å². The smallest absolute Gasteiger partial charge is 0.252 e. The lowest BCUT2D eigenvalue weighted by atomic mass is 10.1. The van der Waals surface area contributed by atoms with Crippen LogP contribution >= 0.6 is 11.3 Å². The van der Waals surface area contributed by atoms with E-state index in [1.165, 1.54) is 10.4 Å². The Hall–Kier alpha value is -0.560. The Balaban J connectivity index is 2.41. The first kappa shape index (κ1) is 20.7. The van der Waals surface area contributed by atoms with E-state index in [9.17, 15) is 16.8 Å².